The van der Waals surface area contributed by atoms with Crippen molar-refractivity contribution < 1.29 is 9.59 Å². The SMILES string of the molecule is O=C(Nc1cccc(N2CCCC2)c1)c1ccc(CNC(=O)c2cccs2)cc1. The Morgan fingerprint density at radius 3 is 2.45 bits per heavy atom. The van der Waals surface area contributed by atoms with Crippen LogP contribution in [-0.2, 0) is 6.54 Å². The normalized spacial score (nSPS) is 13.3. The molecule has 0 spiro atoms. The maximum Gasteiger partial charge on any atom is 0.261 e. The maximum absolute atomic E-state index is 12.6. The summed E-state index contributed by atoms with van der Waals surface area (Å²) in [5, 5.41) is 7.74. The summed E-state index contributed by atoms with van der Waals surface area (Å²) >= 11 is 1.41. The Bertz CT molecular complexity index is 978. The van der Waals surface area contributed by atoms with E-state index in [1.807, 2.05) is 41.8 Å². The van der Waals surface area contributed by atoms with Crippen molar-refractivity contribution in [1.29, 1.82) is 0 Å². The summed E-state index contributed by atoms with van der Waals surface area (Å²) in [6.07, 6.45) is 2.44. The first-order valence-electron chi connectivity index (χ1n) is 9.76. The second kappa shape index (κ2) is 8.92. The van der Waals surface area contributed by atoms with Gasteiger partial charge in [0.25, 0.3) is 11.8 Å². The van der Waals surface area contributed by atoms with Crippen molar-refractivity contribution in [3.8, 4) is 0 Å². The van der Waals surface area contributed by atoms with Crippen LogP contribution in [0.3, 0.4) is 0 Å². The molecule has 0 unspecified atom stereocenters. The highest BCUT2D eigenvalue weighted by molar-refractivity contribution is 7.12. The van der Waals surface area contributed by atoms with Gasteiger partial charge in [-0.3, -0.25) is 9.59 Å². The van der Waals surface area contributed by atoms with Crippen LogP contribution in [0.5, 0.6) is 0 Å². The molecule has 0 saturated carbocycles. The van der Waals surface area contributed by atoms with Crippen LogP contribution in [0.1, 0.15) is 38.4 Å². The summed E-state index contributed by atoms with van der Waals surface area (Å²) in [6.45, 7) is 2.57. The van der Waals surface area contributed by atoms with E-state index in [1.54, 1.807) is 18.2 Å². The molecule has 6 heteroatoms. The molecule has 0 aliphatic carbocycles. The molecule has 3 aromatic rings. The Kier molecular flexibility index (Phi) is 5.91. The molecule has 0 radical (unpaired) electrons. The number of thiophene rings is 1. The van der Waals surface area contributed by atoms with E-state index in [0.29, 0.717) is 17.0 Å². The monoisotopic (exact) mass is 405 g/mol. The van der Waals surface area contributed by atoms with Crippen LogP contribution in [-0.4, -0.2) is 24.9 Å². The molecular formula is C23H23N3O2S. The lowest BCUT2D eigenvalue weighted by Crippen LogP contribution is -2.21. The minimum atomic E-state index is -0.141. The maximum atomic E-state index is 12.6. The third-order valence-corrected chi connectivity index (χ3v) is 5.86. The van der Waals surface area contributed by atoms with E-state index in [2.05, 4.69) is 21.6 Å². The molecule has 1 saturated heterocycles. The van der Waals surface area contributed by atoms with Crippen LogP contribution in [0.15, 0.2) is 66.0 Å². The van der Waals surface area contributed by atoms with Crippen LogP contribution < -0.4 is 15.5 Å². The quantitative estimate of drug-likeness (QED) is 0.633. The van der Waals surface area contributed by atoms with Crippen LogP contribution >= 0.6 is 11.3 Å². The van der Waals surface area contributed by atoms with Gasteiger partial charge in [0.15, 0.2) is 0 Å². The van der Waals surface area contributed by atoms with Gasteiger partial charge in [-0.05, 0) is 60.2 Å². The standard InChI is InChI=1S/C23H23N3O2S/c27-22(25-19-5-3-6-20(15-19)26-12-1-2-13-26)18-10-8-17(9-11-18)16-24-23(28)21-7-4-14-29-21/h3-11,14-15H,1-2,12-13,16H2,(H,24,28)(H,25,27). The number of hydrogen-bond acceptors (Lipinski definition) is 4. The number of carbonyl (C=O) groups excluding carboxylic acids is 2. The average molecular weight is 406 g/mol. The van der Waals surface area contributed by atoms with Crippen LogP contribution in [0.4, 0.5) is 11.4 Å². The van der Waals surface area contributed by atoms with Crippen LogP contribution in [0.25, 0.3) is 0 Å². The van der Waals surface area contributed by atoms with E-state index in [-0.39, 0.29) is 11.8 Å². The summed E-state index contributed by atoms with van der Waals surface area (Å²) in [6, 6.07) is 18.9. The van der Waals surface area contributed by atoms with Gasteiger partial charge in [-0.1, -0.05) is 24.3 Å². The first-order chi connectivity index (χ1) is 14.2. The molecule has 29 heavy (non-hydrogen) atoms. The molecule has 2 amide bonds. The fourth-order valence-electron chi connectivity index (χ4n) is 3.41. The predicted octanol–water partition coefficient (Wildman–Crippen LogP) is 4.53. The molecular weight excluding hydrogens is 382 g/mol. The Morgan fingerprint density at radius 2 is 1.72 bits per heavy atom. The first kappa shape index (κ1) is 19.2. The Balaban J connectivity index is 1.34. The number of hydrogen-bond donors (Lipinski definition) is 2. The summed E-state index contributed by atoms with van der Waals surface area (Å²) in [5.74, 6) is -0.225. The van der Waals surface area contributed by atoms with Crippen molar-refractivity contribution in [2.24, 2.45) is 0 Å². The summed E-state index contributed by atoms with van der Waals surface area (Å²) in [5.41, 5.74) is 3.48. The molecule has 0 atom stereocenters. The fourth-order valence-corrected chi connectivity index (χ4v) is 4.05. The van der Waals surface area contributed by atoms with Gasteiger partial charge >= 0.3 is 0 Å². The van der Waals surface area contributed by atoms with Gasteiger partial charge in [0.05, 0.1) is 4.88 Å². The highest BCUT2D eigenvalue weighted by Crippen LogP contribution is 2.23. The van der Waals surface area contributed by atoms with Gasteiger partial charge < -0.3 is 15.5 Å². The van der Waals surface area contributed by atoms with Crippen molar-refractivity contribution in [2.75, 3.05) is 23.3 Å². The second-order valence-electron chi connectivity index (χ2n) is 7.06. The highest BCUT2D eigenvalue weighted by atomic mass is 32.1. The number of benzene rings is 2. The molecule has 148 valence electrons. The molecule has 2 aromatic carbocycles. The van der Waals surface area contributed by atoms with E-state index < -0.39 is 0 Å². The second-order valence-corrected chi connectivity index (χ2v) is 8.00. The molecule has 1 aliphatic heterocycles. The van der Waals surface area contributed by atoms with Gasteiger partial charge in [0, 0.05) is 36.6 Å². The molecule has 1 aliphatic rings. The molecule has 0 bridgehead atoms. The van der Waals surface area contributed by atoms with Gasteiger partial charge in [-0.2, -0.15) is 0 Å². The molecule has 2 N–H and O–H groups in total. The Hall–Kier alpha value is -3.12. The smallest absolute Gasteiger partial charge is 0.261 e. The van der Waals surface area contributed by atoms with E-state index in [4.69, 9.17) is 0 Å². The Labute approximate surface area is 174 Å². The minimum Gasteiger partial charge on any atom is -0.371 e. The summed E-state index contributed by atoms with van der Waals surface area (Å²) in [4.78, 5) is 27.6. The van der Waals surface area contributed by atoms with Crippen molar-refractivity contribution in [1.82, 2.24) is 5.32 Å². The molecule has 2 heterocycles. The minimum absolute atomic E-state index is 0.0836. The first-order valence-corrected chi connectivity index (χ1v) is 10.6. The van der Waals surface area contributed by atoms with Crippen molar-refractivity contribution >= 4 is 34.5 Å². The van der Waals surface area contributed by atoms with Gasteiger partial charge in [-0.15, -0.1) is 11.3 Å². The molecule has 4 rings (SSSR count). The third kappa shape index (κ3) is 4.84. The van der Waals surface area contributed by atoms with Gasteiger partial charge in [-0.25, -0.2) is 0 Å². The van der Waals surface area contributed by atoms with Gasteiger partial charge in [0.1, 0.15) is 0 Å². The number of anilines is 2. The average Bonchev–Trinajstić information content (AvgIpc) is 3.47. The third-order valence-electron chi connectivity index (χ3n) is 4.99. The van der Waals surface area contributed by atoms with E-state index in [0.717, 1.165) is 30.0 Å². The fraction of sp³-hybridized carbons (Fsp3) is 0.217. The van der Waals surface area contributed by atoms with E-state index in [1.165, 1.54) is 24.2 Å². The lowest BCUT2D eigenvalue weighted by Gasteiger charge is -2.18. The van der Waals surface area contributed by atoms with Crippen molar-refractivity contribution in [3.05, 3.63) is 82.0 Å². The number of nitrogens with one attached hydrogen (secondary N) is 2. The predicted molar refractivity (Wildman–Crippen MR) is 118 cm³/mol. The zero-order chi connectivity index (χ0) is 20.1. The number of amides is 2. The summed E-state index contributed by atoms with van der Waals surface area (Å²) in [7, 11) is 0. The zero-order valence-electron chi connectivity index (χ0n) is 16.1. The Morgan fingerprint density at radius 1 is 0.931 bits per heavy atom. The largest absolute Gasteiger partial charge is 0.371 e. The molecule has 5 nitrogen and oxygen atoms in total. The number of carbonyl (C=O) groups is 2. The van der Waals surface area contributed by atoms with Crippen molar-refractivity contribution in [3.63, 3.8) is 0 Å². The van der Waals surface area contributed by atoms with Gasteiger partial charge in [0.2, 0.25) is 0 Å². The summed E-state index contributed by atoms with van der Waals surface area (Å²) < 4.78 is 0. The van der Waals surface area contributed by atoms with E-state index >= 15 is 0 Å². The van der Waals surface area contributed by atoms with Crippen LogP contribution in [0, 0.1) is 0 Å². The lowest BCUT2D eigenvalue weighted by molar-refractivity contribution is 0.0953. The topological polar surface area (TPSA) is 61.4 Å². The number of nitrogens with zero attached hydrogens (tertiary/aromatic N) is 1. The molecule has 1 aromatic heterocycles. The highest BCUT2D eigenvalue weighted by Gasteiger charge is 2.13. The van der Waals surface area contributed by atoms with E-state index in [9.17, 15) is 9.59 Å². The van der Waals surface area contributed by atoms with Crippen molar-refractivity contribution in [2.45, 2.75) is 19.4 Å². The lowest BCUT2D eigenvalue weighted by atomic mass is 10.1. The van der Waals surface area contributed by atoms with Crippen LogP contribution in [0.2, 0.25) is 0 Å². The molecule has 1 fully saturated rings. The zero-order valence-corrected chi connectivity index (χ0v) is 16.9. The number of rotatable bonds is 6.